The predicted octanol–water partition coefficient (Wildman–Crippen LogP) is 2.10. The monoisotopic (exact) mass is 196 g/mol. The molecule has 3 N–H and O–H groups in total. The topological polar surface area (TPSA) is 55.1 Å². The van der Waals surface area contributed by atoms with Gasteiger partial charge in [-0.05, 0) is 19.9 Å². The molecule has 0 saturated carbocycles. The summed E-state index contributed by atoms with van der Waals surface area (Å²) in [4.78, 5) is 12.0. The fraction of sp³-hybridized carbons (Fsp3) is 0.222. The van der Waals surface area contributed by atoms with Gasteiger partial charge in [-0.15, -0.1) is 11.3 Å². The summed E-state index contributed by atoms with van der Waals surface area (Å²) >= 11 is 1.50. The predicted molar refractivity (Wildman–Crippen MR) is 56.0 cm³/mol. The van der Waals surface area contributed by atoms with Crippen LogP contribution in [-0.2, 0) is 0 Å². The van der Waals surface area contributed by atoms with Crippen molar-refractivity contribution in [1.29, 1.82) is 0 Å². The number of amides is 1. The number of nitrogens with one attached hydrogen (secondary N) is 1. The SMILES string of the molecule is C=C(C)Nc1sc(C)cc1C(N)=O. The Morgan fingerprint density at radius 3 is 2.77 bits per heavy atom. The van der Waals surface area contributed by atoms with Crippen molar-refractivity contribution in [2.75, 3.05) is 5.32 Å². The highest BCUT2D eigenvalue weighted by Gasteiger charge is 2.11. The minimum absolute atomic E-state index is 0.409. The van der Waals surface area contributed by atoms with Crippen molar-refractivity contribution in [3.8, 4) is 0 Å². The van der Waals surface area contributed by atoms with E-state index in [1.165, 1.54) is 11.3 Å². The molecule has 0 saturated heterocycles. The zero-order valence-electron chi connectivity index (χ0n) is 7.68. The van der Waals surface area contributed by atoms with E-state index in [0.717, 1.165) is 15.6 Å². The number of carbonyl (C=O) groups is 1. The maximum absolute atomic E-state index is 11.0. The molecule has 0 radical (unpaired) electrons. The molecule has 0 aliphatic rings. The van der Waals surface area contributed by atoms with E-state index < -0.39 is 5.91 Å². The number of nitrogens with two attached hydrogens (primary N) is 1. The Morgan fingerprint density at radius 2 is 2.31 bits per heavy atom. The normalized spacial score (nSPS) is 9.69. The molecular formula is C9H12N2OS. The molecule has 1 rings (SSSR count). The molecule has 0 atom stereocenters. The number of carbonyl (C=O) groups excluding carboxylic acids is 1. The van der Waals surface area contributed by atoms with Crippen LogP contribution in [0.25, 0.3) is 0 Å². The van der Waals surface area contributed by atoms with Crippen LogP contribution in [0.3, 0.4) is 0 Å². The lowest BCUT2D eigenvalue weighted by atomic mass is 10.3. The van der Waals surface area contributed by atoms with Crippen molar-refractivity contribution in [1.82, 2.24) is 0 Å². The lowest BCUT2D eigenvalue weighted by Crippen LogP contribution is -2.11. The van der Waals surface area contributed by atoms with Crippen molar-refractivity contribution < 1.29 is 4.79 Å². The number of hydrogen-bond donors (Lipinski definition) is 2. The molecule has 0 spiro atoms. The number of anilines is 1. The van der Waals surface area contributed by atoms with Gasteiger partial charge in [-0.2, -0.15) is 0 Å². The van der Waals surface area contributed by atoms with Gasteiger partial charge >= 0.3 is 0 Å². The largest absolute Gasteiger partial charge is 0.366 e. The summed E-state index contributed by atoms with van der Waals surface area (Å²) in [6, 6.07) is 1.78. The van der Waals surface area contributed by atoms with Crippen LogP contribution < -0.4 is 11.1 Å². The molecule has 0 bridgehead atoms. The second kappa shape index (κ2) is 3.62. The molecule has 0 aliphatic carbocycles. The summed E-state index contributed by atoms with van der Waals surface area (Å²) in [7, 11) is 0. The Balaban J connectivity index is 3.04. The number of aryl methyl sites for hydroxylation is 1. The lowest BCUT2D eigenvalue weighted by Gasteiger charge is -2.02. The van der Waals surface area contributed by atoms with Crippen LogP contribution in [0.5, 0.6) is 0 Å². The van der Waals surface area contributed by atoms with E-state index in [1.807, 2.05) is 13.8 Å². The lowest BCUT2D eigenvalue weighted by molar-refractivity contribution is 0.100. The minimum atomic E-state index is -0.409. The highest BCUT2D eigenvalue weighted by atomic mass is 32.1. The second-order valence-corrected chi connectivity index (χ2v) is 4.13. The van der Waals surface area contributed by atoms with E-state index in [1.54, 1.807) is 6.07 Å². The third-order valence-corrected chi connectivity index (χ3v) is 2.41. The standard InChI is InChI=1S/C9H12N2OS/c1-5(2)11-9-7(8(10)12)4-6(3)13-9/h4,11H,1H2,2-3H3,(H2,10,12). The van der Waals surface area contributed by atoms with Gasteiger partial charge in [0.05, 0.1) is 5.56 Å². The summed E-state index contributed by atoms with van der Waals surface area (Å²) in [6.07, 6.45) is 0. The van der Waals surface area contributed by atoms with Crippen molar-refractivity contribution in [3.05, 3.63) is 28.8 Å². The molecule has 0 aliphatic heterocycles. The van der Waals surface area contributed by atoms with Crippen LogP contribution in [-0.4, -0.2) is 5.91 Å². The molecule has 1 amide bonds. The Bertz CT molecular complexity index is 354. The molecular weight excluding hydrogens is 184 g/mol. The third-order valence-electron chi connectivity index (χ3n) is 1.45. The van der Waals surface area contributed by atoms with Gasteiger partial charge < -0.3 is 11.1 Å². The maximum atomic E-state index is 11.0. The van der Waals surface area contributed by atoms with Gasteiger partial charge in [0.25, 0.3) is 5.91 Å². The van der Waals surface area contributed by atoms with Crippen LogP contribution in [0.4, 0.5) is 5.00 Å². The zero-order chi connectivity index (χ0) is 10.0. The summed E-state index contributed by atoms with van der Waals surface area (Å²) in [6.45, 7) is 7.47. The summed E-state index contributed by atoms with van der Waals surface area (Å²) in [5.74, 6) is -0.409. The van der Waals surface area contributed by atoms with Crippen LogP contribution >= 0.6 is 11.3 Å². The van der Waals surface area contributed by atoms with Crippen LogP contribution in [0.2, 0.25) is 0 Å². The fourth-order valence-corrected chi connectivity index (χ4v) is 1.98. The fourth-order valence-electron chi connectivity index (χ4n) is 0.984. The van der Waals surface area contributed by atoms with E-state index in [9.17, 15) is 4.79 Å². The molecule has 1 heterocycles. The molecule has 1 aromatic rings. The molecule has 0 fully saturated rings. The van der Waals surface area contributed by atoms with Gasteiger partial charge in [-0.1, -0.05) is 6.58 Å². The number of allylic oxidation sites excluding steroid dienone is 1. The van der Waals surface area contributed by atoms with E-state index in [4.69, 9.17) is 5.73 Å². The Hall–Kier alpha value is -1.29. The second-order valence-electron chi connectivity index (χ2n) is 2.87. The quantitative estimate of drug-likeness (QED) is 0.777. The highest BCUT2D eigenvalue weighted by Crippen LogP contribution is 2.27. The number of primary amides is 1. The summed E-state index contributed by atoms with van der Waals surface area (Å²) in [5, 5.41) is 3.77. The number of hydrogen-bond acceptors (Lipinski definition) is 3. The Morgan fingerprint density at radius 1 is 1.69 bits per heavy atom. The molecule has 0 aromatic carbocycles. The van der Waals surface area contributed by atoms with Crippen molar-refractivity contribution in [2.45, 2.75) is 13.8 Å². The molecule has 4 heteroatoms. The number of thiophene rings is 1. The van der Waals surface area contributed by atoms with E-state index >= 15 is 0 Å². The van der Waals surface area contributed by atoms with Crippen LogP contribution in [0.1, 0.15) is 22.2 Å². The van der Waals surface area contributed by atoms with Gasteiger partial charge in [-0.25, -0.2) is 0 Å². The van der Waals surface area contributed by atoms with E-state index in [2.05, 4.69) is 11.9 Å². The smallest absolute Gasteiger partial charge is 0.251 e. The average Bonchev–Trinajstić information content (AvgIpc) is 2.29. The van der Waals surface area contributed by atoms with Crippen molar-refractivity contribution in [3.63, 3.8) is 0 Å². The van der Waals surface area contributed by atoms with Gasteiger partial charge in [-0.3, -0.25) is 4.79 Å². The Kier molecular flexibility index (Phi) is 2.72. The summed E-state index contributed by atoms with van der Waals surface area (Å²) in [5.41, 5.74) is 6.53. The number of rotatable bonds is 3. The zero-order valence-corrected chi connectivity index (χ0v) is 8.49. The van der Waals surface area contributed by atoms with Gasteiger partial charge in [0.2, 0.25) is 0 Å². The molecule has 0 unspecified atom stereocenters. The van der Waals surface area contributed by atoms with Crippen LogP contribution in [0, 0.1) is 6.92 Å². The molecule has 70 valence electrons. The van der Waals surface area contributed by atoms with Crippen molar-refractivity contribution in [2.24, 2.45) is 5.73 Å². The summed E-state index contributed by atoms with van der Waals surface area (Å²) < 4.78 is 0. The first-order valence-corrected chi connectivity index (χ1v) is 4.65. The van der Waals surface area contributed by atoms with Crippen LogP contribution in [0.15, 0.2) is 18.3 Å². The van der Waals surface area contributed by atoms with Gasteiger partial charge in [0, 0.05) is 10.6 Å². The minimum Gasteiger partial charge on any atom is -0.366 e. The first-order valence-electron chi connectivity index (χ1n) is 3.83. The average molecular weight is 196 g/mol. The van der Waals surface area contributed by atoms with E-state index in [0.29, 0.717) is 5.56 Å². The third kappa shape index (κ3) is 2.32. The van der Waals surface area contributed by atoms with Crippen molar-refractivity contribution >= 4 is 22.2 Å². The highest BCUT2D eigenvalue weighted by molar-refractivity contribution is 7.16. The molecule has 3 nitrogen and oxygen atoms in total. The van der Waals surface area contributed by atoms with E-state index in [-0.39, 0.29) is 0 Å². The molecule has 1 aromatic heterocycles. The van der Waals surface area contributed by atoms with Gasteiger partial charge in [0.1, 0.15) is 5.00 Å². The Labute approximate surface area is 81.3 Å². The first kappa shape index (κ1) is 9.80. The molecule has 13 heavy (non-hydrogen) atoms. The first-order chi connectivity index (χ1) is 6.00. The maximum Gasteiger partial charge on any atom is 0.251 e. The van der Waals surface area contributed by atoms with Gasteiger partial charge in [0.15, 0.2) is 0 Å².